The van der Waals surface area contributed by atoms with E-state index in [2.05, 4.69) is 4.99 Å². The molecule has 1 amide bonds. The molecule has 122 valence electrons. The SMILES string of the molecule is NC(N)=NC(=O)c1ccc2c(c1)C(c1ccc(F)cc1F)=CCO2. The number of amides is 1. The molecule has 0 aromatic heterocycles. The lowest BCUT2D eigenvalue weighted by atomic mass is 9.93. The van der Waals surface area contributed by atoms with Crippen LogP contribution in [0.2, 0.25) is 0 Å². The zero-order chi connectivity index (χ0) is 17.3. The van der Waals surface area contributed by atoms with Gasteiger partial charge >= 0.3 is 0 Å². The number of ether oxygens (including phenoxy) is 1. The van der Waals surface area contributed by atoms with E-state index in [0.717, 1.165) is 6.07 Å². The first kappa shape index (κ1) is 15.7. The van der Waals surface area contributed by atoms with Crippen LogP contribution in [0.15, 0.2) is 47.5 Å². The van der Waals surface area contributed by atoms with E-state index >= 15 is 0 Å². The maximum absolute atomic E-state index is 14.1. The number of nitrogens with two attached hydrogens (primary N) is 2. The second kappa shape index (κ2) is 6.11. The highest BCUT2D eigenvalue weighted by Gasteiger charge is 2.20. The zero-order valence-corrected chi connectivity index (χ0v) is 12.4. The topological polar surface area (TPSA) is 90.7 Å². The number of benzene rings is 2. The molecule has 2 aromatic rings. The van der Waals surface area contributed by atoms with Crippen LogP contribution >= 0.6 is 0 Å². The zero-order valence-electron chi connectivity index (χ0n) is 12.4. The number of aliphatic imine (C=N–C) groups is 1. The molecule has 0 fully saturated rings. The molecule has 0 bridgehead atoms. The molecule has 2 aromatic carbocycles. The number of fused-ring (bicyclic) bond motifs is 1. The van der Waals surface area contributed by atoms with Gasteiger partial charge in [0.2, 0.25) is 0 Å². The summed E-state index contributed by atoms with van der Waals surface area (Å²) in [5.74, 6) is -1.86. The number of rotatable bonds is 2. The predicted octanol–water partition coefficient (Wildman–Crippen LogP) is 2.20. The molecule has 0 saturated carbocycles. The molecule has 24 heavy (non-hydrogen) atoms. The van der Waals surface area contributed by atoms with Crippen molar-refractivity contribution in [3.05, 3.63) is 70.8 Å². The van der Waals surface area contributed by atoms with Crippen LogP contribution in [0.5, 0.6) is 5.75 Å². The maximum Gasteiger partial charge on any atom is 0.280 e. The van der Waals surface area contributed by atoms with E-state index in [9.17, 15) is 13.6 Å². The summed E-state index contributed by atoms with van der Waals surface area (Å²) in [7, 11) is 0. The third-order valence-electron chi connectivity index (χ3n) is 3.49. The van der Waals surface area contributed by atoms with Crippen molar-refractivity contribution in [1.82, 2.24) is 0 Å². The Balaban J connectivity index is 2.09. The van der Waals surface area contributed by atoms with Gasteiger partial charge in [0.25, 0.3) is 5.91 Å². The molecule has 3 rings (SSSR count). The fraction of sp³-hybridized carbons (Fsp3) is 0.0588. The molecular formula is C17H13F2N3O2. The summed E-state index contributed by atoms with van der Waals surface area (Å²) in [6, 6.07) is 7.92. The fourth-order valence-corrected chi connectivity index (χ4v) is 2.47. The summed E-state index contributed by atoms with van der Waals surface area (Å²) in [6.07, 6.45) is 1.66. The molecule has 0 unspecified atom stereocenters. The number of carbonyl (C=O) groups is 1. The number of guanidine groups is 1. The molecular weight excluding hydrogens is 316 g/mol. The largest absolute Gasteiger partial charge is 0.489 e. The fourth-order valence-electron chi connectivity index (χ4n) is 2.47. The second-order valence-corrected chi connectivity index (χ2v) is 5.11. The highest BCUT2D eigenvalue weighted by atomic mass is 19.1. The number of hydrogen-bond acceptors (Lipinski definition) is 2. The molecule has 5 nitrogen and oxygen atoms in total. The first-order chi connectivity index (χ1) is 11.5. The smallest absolute Gasteiger partial charge is 0.280 e. The molecule has 0 radical (unpaired) electrons. The van der Waals surface area contributed by atoms with Gasteiger partial charge in [-0.2, -0.15) is 4.99 Å². The van der Waals surface area contributed by atoms with Crippen molar-refractivity contribution < 1.29 is 18.3 Å². The van der Waals surface area contributed by atoms with Crippen LogP contribution < -0.4 is 16.2 Å². The molecule has 0 saturated heterocycles. The summed E-state index contributed by atoms with van der Waals surface area (Å²) in [5.41, 5.74) is 11.9. The van der Waals surface area contributed by atoms with Gasteiger partial charge in [0.1, 0.15) is 24.0 Å². The second-order valence-electron chi connectivity index (χ2n) is 5.11. The average molecular weight is 329 g/mol. The molecule has 0 spiro atoms. The Morgan fingerprint density at radius 1 is 1.08 bits per heavy atom. The lowest BCUT2D eigenvalue weighted by Crippen LogP contribution is -2.24. The van der Waals surface area contributed by atoms with E-state index in [1.165, 1.54) is 24.3 Å². The summed E-state index contributed by atoms with van der Waals surface area (Å²) in [5, 5.41) is 0. The van der Waals surface area contributed by atoms with Crippen molar-refractivity contribution in [3.63, 3.8) is 0 Å². The van der Waals surface area contributed by atoms with Gasteiger partial charge in [-0.25, -0.2) is 8.78 Å². The van der Waals surface area contributed by atoms with Crippen molar-refractivity contribution in [1.29, 1.82) is 0 Å². The van der Waals surface area contributed by atoms with Crippen LogP contribution in [0.4, 0.5) is 8.78 Å². The van der Waals surface area contributed by atoms with Gasteiger partial charge in [-0.15, -0.1) is 0 Å². The Labute approximate surface area is 136 Å². The van der Waals surface area contributed by atoms with E-state index < -0.39 is 17.5 Å². The molecule has 7 heteroatoms. The summed E-state index contributed by atoms with van der Waals surface area (Å²) >= 11 is 0. The van der Waals surface area contributed by atoms with Crippen molar-refractivity contribution in [2.45, 2.75) is 0 Å². The minimum atomic E-state index is -0.699. The minimum Gasteiger partial charge on any atom is -0.489 e. The van der Waals surface area contributed by atoms with Crippen LogP contribution in [0.25, 0.3) is 5.57 Å². The highest BCUT2D eigenvalue weighted by Crippen LogP contribution is 2.36. The van der Waals surface area contributed by atoms with Gasteiger partial charge in [0, 0.05) is 22.8 Å². The summed E-state index contributed by atoms with van der Waals surface area (Å²) < 4.78 is 32.7. The monoisotopic (exact) mass is 329 g/mol. The normalized spacial score (nSPS) is 12.7. The van der Waals surface area contributed by atoms with Gasteiger partial charge in [-0.05, 0) is 42.0 Å². The first-order valence-electron chi connectivity index (χ1n) is 7.02. The third kappa shape index (κ3) is 2.96. The Hall–Kier alpha value is -3.22. The Morgan fingerprint density at radius 3 is 2.58 bits per heavy atom. The van der Waals surface area contributed by atoms with Crippen LogP contribution in [0.3, 0.4) is 0 Å². The quantitative estimate of drug-likeness (QED) is 0.653. The van der Waals surface area contributed by atoms with Gasteiger partial charge in [0.15, 0.2) is 5.96 Å². The van der Waals surface area contributed by atoms with Crippen LogP contribution in [0, 0.1) is 11.6 Å². The van der Waals surface area contributed by atoms with Crippen LogP contribution in [-0.2, 0) is 0 Å². The van der Waals surface area contributed by atoms with E-state index in [-0.39, 0.29) is 23.7 Å². The highest BCUT2D eigenvalue weighted by molar-refractivity contribution is 6.03. The van der Waals surface area contributed by atoms with E-state index in [4.69, 9.17) is 16.2 Å². The first-order valence-corrected chi connectivity index (χ1v) is 7.02. The Morgan fingerprint density at radius 2 is 1.88 bits per heavy atom. The van der Waals surface area contributed by atoms with Crippen molar-refractivity contribution in [2.75, 3.05) is 6.61 Å². The Bertz CT molecular complexity index is 887. The van der Waals surface area contributed by atoms with Crippen molar-refractivity contribution in [3.8, 4) is 5.75 Å². The summed E-state index contributed by atoms with van der Waals surface area (Å²) in [4.78, 5) is 15.4. The standard InChI is InChI=1S/C17H13F2N3O2/c18-10-2-3-12(14(19)8-10)11-5-6-24-15-4-1-9(7-13(11)15)16(23)22-17(20)21/h1-5,7-8H,6H2,(H4,20,21,22,23). The molecule has 4 N–H and O–H groups in total. The van der Waals surface area contributed by atoms with E-state index in [1.807, 2.05) is 0 Å². The number of hydrogen-bond donors (Lipinski definition) is 2. The average Bonchev–Trinajstić information content (AvgIpc) is 2.53. The van der Waals surface area contributed by atoms with Gasteiger partial charge < -0.3 is 16.2 Å². The van der Waals surface area contributed by atoms with Crippen LogP contribution in [-0.4, -0.2) is 18.5 Å². The predicted molar refractivity (Wildman–Crippen MR) is 85.5 cm³/mol. The van der Waals surface area contributed by atoms with E-state index in [0.29, 0.717) is 16.9 Å². The van der Waals surface area contributed by atoms with Crippen molar-refractivity contribution in [2.24, 2.45) is 16.5 Å². The molecule has 1 aliphatic rings. The van der Waals surface area contributed by atoms with Crippen LogP contribution in [0.1, 0.15) is 21.5 Å². The van der Waals surface area contributed by atoms with Gasteiger partial charge in [-0.1, -0.05) is 0 Å². The third-order valence-corrected chi connectivity index (χ3v) is 3.49. The molecule has 1 aliphatic heterocycles. The number of nitrogens with zero attached hydrogens (tertiary/aromatic N) is 1. The lowest BCUT2D eigenvalue weighted by molar-refractivity contribution is 0.100. The molecule has 0 atom stereocenters. The van der Waals surface area contributed by atoms with Gasteiger partial charge in [-0.3, -0.25) is 4.79 Å². The number of halogens is 2. The minimum absolute atomic E-state index is 0.215. The van der Waals surface area contributed by atoms with E-state index in [1.54, 1.807) is 12.1 Å². The Kier molecular flexibility index (Phi) is 3.99. The summed E-state index contributed by atoms with van der Waals surface area (Å²) in [6.45, 7) is 0.236. The number of carbonyl (C=O) groups excluding carboxylic acids is 1. The maximum atomic E-state index is 14.1. The molecule has 0 aliphatic carbocycles. The van der Waals surface area contributed by atoms with Gasteiger partial charge in [0.05, 0.1) is 0 Å². The lowest BCUT2D eigenvalue weighted by Gasteiger charge is -2.20. The van der Waals surface area contributed by atoms with Crippen molar-refractivity contribution >= 4 is 17.4 Å². The molecule has 1 heterocycles.